The summed E-state index contributed by atoms with van der Waals surface area (Å²) in [6.07, 6.45) is 0.307. The molecule has 1 aromatic carbocycles. The van der Waals surface area contributed by atoms with E-state index in [1.807, 2.05) is 0 Å². The zero-order valence-electron chi connectivity index (χ0n) is 9.17. The molecule has 0 radical (unpaired) electrons. The van der Waals surface area contributed by atoms with E-state index in [4.69, 9.17) is 0 Å². The lowest BCUT2D eigenvalue weighted by atomic mass is 9.92. The predicted octanol–water partition coefficient (Wildman–Crippen LogP) is 2.48. The SMILES string of the molecule is CCC(C)(O)C(=O)c1ccc(C)c(F)c1. The standard InChI is InChI=1S/C12H15FO2/c1-4-12(3,15)11(14)9-6-5-8(2)10(13)7-9/h5-7,15H,4H2,1-3H3. The Morgan fingerprint density at radius 3 is 2.60 bits per heavy atom. The first-order valence-electron chi connectivity index (χ1n) is 4.92. The maximum Gasteiger partial charge on any atom is 0.194 e. The van der Waals surface area contributed by atoms with Crippen molar-refractivity contribution in [2.75, 3.05) is 0 Å². The fourth-order valence-electron chi connectivity index (χ4n) is 1.21. The minimum atomic E-state index is -1.41. The fraction of sp³-hybridized carbons (Fsp3) is 0.417. The number of benzene rings is 1. The van der Waals surface area contributed by atoms with Gasteiger partial charge in [0.1, 0.15) is 11.4 Å². The van der Waals surface area contributed by atoms with Crippen LogP contribution in [-0.4, -0.2) is 16.5 Å². The monoisotopic (exact) mass is 210 g/mol. The zero-order chi connectivity index (χ0) is 11.6. The molecule has 0 bridgehead atoms. The molecule has 0 saturated heterocycles. The summed E-state index contributed by atoms with van der Waals surface area (Å²) in [7, 11) is 0. The van der Waals surface area contributed by atoms with Gasteiger partial charge in [-0.1, -0.05) is 19.1 Å². The minimum Gasteiger partial charge on any atom is -0.382 e. The zero-order valence-corrected chi connectivity index (χ0v) is 9.17. The normalized spacial score (nSPS) is 14.7. The van der Waals surface area contributed by atoms with Crippen LogP contribution in [0.25, 0.3) is 0 Å². The average Bonchev–Trinajstić information content (AvgIpc) is 2.21. The molecule has 1 unspecified atom stereocenters. The number of carbonyl (C=O) groups excluding carboxylic acids is 1. The van der Waals surface area contributed by atoms with Gasteiger partial charge in [-0.3, -0.25) is 4.79 Å². The van der Waals surface area contributed by atoms with Gasteiger partial charge >= 0.3 is 0 Å². The van der Waals surface area contributed by atoms with Crippen molar-refractivity contribution >= 4 is 5.78 Å². The van der Waals surface area contributed by atoms with Crippen molar-refractivity contribution in [1.29, 1.82) is 0 Å². The molecule has 82 valence electrons. The highest BCUT2D eigenvalue weighted by atomic mass is 19.1. The molecule has 0 spiro atoms. The Balaban J connectivity index is 3.08. The lowest BCUT2D eigenvalue weighted by Gasteiger charge is -2.19. The molecule has 0 amide bonds. The van der Waals surface area contributed by atoms with E-state index in [9.17, 15) is 14.3 Å². The molecule has 0 aromatic heterocycles. The average molecular weight is 210 g/mol. The highest BCUT2D eigenvalue weighted by molar-refractivity contribution is 6.02. The molecule has 1 rings (SSSR count). The van der Waals surface area contributed by atoms with Crippen LogP contribution >= 0.6 is 0 Å². The summed E-state index contributed by atoms with van der Waals surface area (Å²) < 4.78 is 13.2. The Labute approximate surface area is 88.7 Å². The third-order valence-electron chi connectivity index (χ3n) is 2.61. The van der Waals surface area contributed by atoms with Crippen LogP contribution in [-0.2, 0) is 0 Å². The van der Waals surface area contributed by atoms with E-state index < -0.39 is 17.2 Å². The largest absolute Gasteiger partial charge is 0.382 e. The van der Waals surface area contributed by atoms with E-state index in [0.717, 1.165) is 0 Å². The molecule has 2 nitrogen and oxygen atoms in total. The Morgan fingerprint density at radius 2 is 2.13 bits per heavy atom. The van der Waals surface area contributed by atoms with Crippen LogP contribution in [0.1, 0.15) is 36.2 Å². The van der Waals surface area contributed by atoms with Crippen LogP contribution < -0.4 is 0 Å². The molecule has 0 fully saturated rings. The van der Waals surface area contributed by atoms with Crippen molar-refractivity contribution in [1.82, 2.24) is 0 Å². The van der Waals surface area contributed by atoms with E-state index in [1.54, 1.807) is 13.8 Å². The van der Waals surface area contributed by atoms with E-state index in [2.05, 4.69) is 0 Å². The molecule has 0 saturated carbocycles. The Hall–Kier alpha value is -1.22. The summed E-state index contributed by atoms with van der Waals surface area (Å²) >= 11 is 0. The summed E-state index contributed by atoms with van der Waals surface area (Å²) in [5.74, 6) is -0.864. The third-order valence-corrected chi connectivity index (χ3v) is 2.61. The lowest BCUT2D eigenvalue weighted by Crippen LogP contribution is -2.34. The maximum absolute atomic E-state index is 13.2. The summed E-state index contributed by atoms with van der Waals surface area (Å²) in [5, 5.41) is 9.73. The van der Waals surface area contributed by atoms with Crippen LogP contribution in [0.5, 0.6) is 0 Å². The number of rotatable bonds is 3. The second-order valence-electron chi connectivity index (χ2n) is 3.92. The van der Waals surface area contributed by atoms with Crippen LogP contribution in [0.3, 0.4) is 0 Å². The topological polar surface area (TPSA) is 37.3 Å². The first-order valence-corrected chi connectivity index (χ1v) is 4.92. The Bertz CT molecular complexity index is 383. The van der Waals surface area contributed by atoms with Crippen LogP contribution in [0.15, 0.2) is 18.2 Å². The van der Waals surface area contributed by atoms with Gasteiger partial charge in [-0.2, -0.15) is 0 Å². The van der Waals surface area contributed by atoms with Gasteiger partial charge in [0, 0.05) is 5.56 Å². The summed E-state index contributed by atoms with van der Waals surface area (Å²) in [5.41, 5.74) is -0.713. The van der Waals surface area contributed by atoms with E-state index in [1.165, 1.54) is 25.1 Å². The highest BCUT2D eigenvalue weighted by Gasteiger charge is 2.29. The highest BCUT2D eigenvalue weighted by Crippen LogP contribution is 2.18. The van der Waals surface area contributed by atoms with Gasteiger partial charge in [-0.15, -0.1) is 0 Å². The van der Waals surface area contributed by atoms with Gasteiger partial charge < -0.3 is 5.11 Å². The lowest BCUT2D eigenvalue weighted by molar-refractivity contribution is 0.0390. The number of aliphatic hydroxyl groups is 1. The number of aryl methyl sites for hydroxylation is 1. The van der Waals surface area contributed by atoms with Gasteiger partial charge in [-0.25, -0.2) is 4.39 Å². The van der Waals surface area contributed by atoms with Crippen molar-refractivity contribution in [3.05, 3.63) is 35.1 Å². The number of Topliss-reactive ketones (excluding diaryl/α,β-unsaturated/α-hetero) is 1. The van der Waals surface area contributed by atoms with Crippen molar-refractivity contribution in [3.8, 4) is 0 Å². The smallest absolute Gasteiger partial charge is 0.194 e. The Morgan fingerprint density at radius 1 is 1.53 bits per heavy atom. The number of hydrogen-bond acceptors (Lipinski definition) is 2. The number of halogens is 1. The summed E-state index contributed by atoms with van der Waals surface area (Å²) in [6, 6.07) is 4.24. The van der Waals surface area contributed by atoms with Gasteiger partial charge in [0.05, 0.1) is 0 Å². The molecular formula is C12H15FO2. The van der Waals surface area contributed by atoms with Gasteiger partial charge in [0.2, 0.25) is 0 Å². The fourth-order valence-corrected chi connectivity index (χ4v) is 1.21. The van der Waals surface area contributed by atoms with Crippen molar-refractivity contribution in [3.63, 3.8) is 0 Å². The molecule has 1 N–H and O–H groups in total. The first-order chi connectivity index (χ1) is 6.88. The van der Waals surface area contributed by atoms with Gasteiger partial charge in [-0.05, 0) is 31.9 Å². The molecule has 3 heteroatoms. The summed E-state index contributed by atoms with van der Waals surface area (Å²) in [6.45, 7) is 4.77. The summed E-state index contributed by atoms with van der Waals surface area (Å²) in [4.78, 5) is 11.7. The molecular weight excluding hydrogens is 195 g/mol. The van der Waals surface area contributed by atoms with E-state index >= 15 is 0 Å². The van der Waals surface area contributed by atoms with Gasteiger partial charge in [0.25, 0.3) is 0 Å². The predicted molar refractivity (Wildman–Crippen MR) is 56.4 cm³/mol. The molecule has 0 aliphatic heterocycles. The van der Waals surface area contributed by atoms with Crippen molar-refractivity contribution < 1.29 is 14.3 Å². The number of carbonyl (C=O) groups is 1. The third kappa shape index (κ3) is 2.42. The molecule has 1 atom stereocenters. The molecule has 0 aliphatic rings. The minimum absolute atomic E-state index is 0.213. The van der Waals surface area contributed by atoms with Crippen molar-refractivity contribution in [2.24, 2.45) is 0 Å². The molecule has 0 heterocycles. The first kappa shape index (κ1) is 11.9. The van der Waals surface area contributed by atoms with Crippen LogP contribution in [0, 0.1) is 12.7 Å². The Kier molecular flexibility index (Phi) is 3.25. The van der Waals surface area contributed by atoms with E-state index in [-0.39, 0.29) is 5.56 Å². The molecule has 15 heavy (non-hydrogen) atoms. The molecule has 1 aromatic rings. The molecule has 0 aliphatic carbocycles. The van der Waals surface area contributed by atoms with Crippen LogP contribution in [0.2, 0.25) is 0 Å². The van der Waals surface area contributed by atoms with Crippen molar-refractivity contribution in [2.45, 2.75) is 32.8 Å². The van der Waals surface area contributed by atoms with E-state index in [0.29, 0.717) is 12.0 Å². The maximum atomic E-state index is 13.2. The van der Waals surface area contributed by atoms with Gasteiger partial charge in [0.15, 0.2) is 5.78 Å². The quantitative estimate of drug-likeness (QED) is 0.778. The second-order valence-corrected chi connectivity index (χ2v) is 3.92. The van der Waals surface area contributed by atoms with Crippen LogP contribution in [0.4, 0.5) is 4.39 Å². The second kappa shape index (κ2) is 4.11. The number of ketones is 1. The number of hydrogen-bond donors (Lipinski definition) is 1.